The van der Waals surface area contributed by atoms with E-state index in [1.165, 1.54) is 12.3 Å². The number of nitrogens with zero attached hydrogens (tertiary/aromatic N) is 6. The number of carbonyl (C=O) groups excluding carboxylic acids is 2. The minimum atomic E-state index is -4.85. The van der Waals surface area contributed by atoms with Gasteiger partial charge >= 0.3 is 6.18 Å². The molecule has 4 N–H and O–H groups in total. The van der Waals surface area contributed by atoms with Gasteiger partial charge in [0.1, 0.15) is 12.2 Å². The molecule has 1 aromatic carbocycles. The molecule has 2 aromatic heterocycles. The van der Waals surface area contributed by atoms with Gasteiger partial charge in [-0.2, -0.15) is 23.4 Å². The lowest BCUT2D eigenvalue weighted by atomic mass is 10.0. The number of aromatic nitrogens is 3. The van der Waals surface area contributed by atoms with Crippen molar-refractivity contribution in [3.05, 3.63) is 69.6 Å². The van der Waals surface area contributed by atoms with Gasteiger partial charge in [0, 0.05) is 12.2 Å². The van der Waals surface area contributed by atoms with Gasteiger partial charge in [-0.3, -0.25) is 9.59 Å². The summed E-state index contributed by atoms with van der Waals surface area (Å²) >= 11 is 6.28. The van der Waals surface area contributed by atoms with Gasteiger partial charge in [-0.1, -0.05) is 17.7 Å². The lowest BCUT2D eigenvalue weighted by Crippen LogP contribution is -2.31. The zero-order chi connectivity index (χ0) is 28.9. The minimum absolute atomic E-state index is 0.0331. The maximum atomic E-state index is 13.5. The predicted octanol–water partition coefficient (Wildman–Crippen LogP) is 4.71. The number of pyridine rings is 1. The smallest absolute Gasteiger partial charge is 0.378 e. The summed E-state index contributed by atoms with van der Waals surface area (Å²) in [6, 6.07) is 7.80. The number of rotatable bonds is 8. The maximum Gasteiger partial charge on any atom is 0.450 e. The highest BCUT2D eigenvalue weighted by atomic mass is 35.5. The van der Waals surface area contributed by atoms with Crippen molar-refractivity contribution in [3.8, 4) is 5.82 Å². The fourth-order valence-electron chi connectivity index (χ4n) is 3.43. The zero-order valence-corrected chi connectivity index (χ0v) is 22.1. The normalized spacial score (nSPS) is 12.3. The Morgan fingerprint density at radius 3 is 2.54 bits per heavy atom. The van der Waals surface area contributed by atoms with Crippen LogP contribution >= 0.6 is 11.6 Å². The number of amides is 2. The summed E-state index contributed by atoms with van der Waals surface area (Å²) in [5.74, 6) is -2.57. The van der Waals surface area contributed by atoms with Crippen LogP contribution in [0.3, 0.4) is 0 Å². The van der Waals surface area contributed by atoms with Crippen molar-refractivity contribution in [2.75, 3.05) is 5.32 Å². The summed E-state index contributed by atoms with van der Waals surface area (Å²) in [6.45, 7) is 6.87. The fourth-order valence-corrected chi connectivity index (χ4v) is 3.64. The van der Waals surface area contributed by atoms with Gasteiger partial charge in [0.15, 0.2) is 5.82 Å². The van der Waals surface area contributed by atoms with Crippen molar-refractivity contribution >= 4 is 34.9 Å². The van der Waals surface area contributed by atoms with Crippen molar-refractivity contribution in [1.82, 2.24) is 20.1 Å². The molecule has 0 unspecified atom stereocenters. The number of nitrogens with two attached hydrogens (primary N) is 1. The van der Waals surface area contributed by atoms with E-state index in [-0.39, 0.29) is 46.3 Å². The lowest BCUT2D eigenvalue weighted by Gasteiger charge is -2.17. The van der Waals surface area contributed by atoms with E-state index in [0.717, 1.165) is 10.2 Å². The number of halogens is 4. The Morgan fingerprint density at radius 2 is 1.90 bits per heavy atom. The molecule has 15 heteroatoms. The predicted molar refractivity (Wildman–Crippen MR) is 139 cm³/mol. The molecular weight excluding hydrogens is 539 g/mol. The van der Waals surface area contributed by atoms with Crippen LogP contribution in [0.1, 0.15) is 51.5 Å². The number of nitrogens with one attached hydrogen (secondary N) is 2. The second-order valence-corrected chi connectivity index (χ2v) is 9.11. The number of carbonyl (C=O) groups is 2. The average Bonchev–Trinajstić information content (AvgIpc) is 3.26. The highest BCUT2D eigenvalue weighted by Gasteiger charge is 2.34. The van der Waals surface area contributed by atoms with E-state index in [1.54, 1.807) is 25.1 Å². The van der Waals surface area contributed by atoms with Crippen LogP contribution in [0.25, 0.3) is 5.82 Å². The summed E-state index contributed by atoms with van der Waals surface area (Å²) in [4.78, 5) is 30.5. The molecule has 0 bridgehead atoms. The molecule has 0 saturated heterocycles. The van der Waals surface area contributed by atoms with Crippen molar-refractivity contribution in [2.24, 2.45) is 21.2 Å². The van der Waals surface area contributed by atoms with E-state index in [4.69, 9.17) is 17.3 Å². The number of benzene rings is 1. The van der Waals surface area contributed by atoms with E-state index < -0.39 is 17.9 Å². The molecule has 3 rings (SSSR count). The van der Waals surface area contributed by atoms with Crippen molar-refractivity contribution in [2.45, 2.75) is 46.5 Å². The van der Waals surface area contributed by atoms with Gasteiger partial charge in [-0.15, -0.1) is 5.10 Å². The van der Waals surface area contributed by atoms with Gasteiger partial charge in [0.2, 0.25) is 5.84 Å². The van der Waals surface area contributed by atoms with E-state index in [2.05, 4.69) is 36.2 Å². The molecule has 11 nitrogen and oxygen atoms in total. The lowest BCUT2D eigenvalue weighted by molar-refractivity contribution is -0.0600. The Morgan fingerprint density at radius 1 is 1.18 bits per heavy atom. The number of amidine groups is 1. The van der Waals surface area contributed by atoms with Crippen molar-refractivity contribution in [3.63, 3.8) is 0 Å². The van der Waals surface area contributed by atoms with Gasteiger partial charge < -0.3 is 16.4 Å². The molecule has 0 atom stereocenters. The summed E-state index contributed by atoms with van der Waals surface area (Å²) in [7, 11) is 0. The first kappa shape index (κ1) is 29.2. The Balaban J connectivity index is 2.00. The van der Waals surface area contributed by atoms with Crippen LogP contribution < -0.4 is 16.4 Å². The van der Waals surface area contributed by atoms with Crippen LogP contribution in [0.5, 0.6) is 0 Å². The minimum Gasteiger partial charge on any atom is -0.378 e. The molecule has 3 aromatic rings. The first-order valence-electron chi connectivity index (χ1n) is 11.5. The van der Waals surface area contributed by atoms with E-state index in [0.29, 0.717) is 11.3 Å². The molecular formula is C24H25ClF3N9O2. The maximum absolute atomic E-state index is 13.5. The summed E-state index contributed by atoms with van der Waals surface area (Å²) in [6.07, 6.45) is -3.41. The second kappa shape index (κ2) is 12.0. The molecule has 39 heavy (non-hydrogen) atoms. The van der Waals surface area contributed by atoms with Gasteiger partial charge in [-0.25, -0.2) is 9.67 Å². The van der Waals surface area contributed by atoms with Crippen LogP contribution in [0.2, 0.25) is 5.02 Å². The highest BCUT2D eigenvalue weighted by Crippen LogP contribution is 2.26. The standard InChI is InChI=1S/C24H25ClF3N9O2/c1-12(2)32-21(38)16-9-13(3)8-14(4)19(16)33-22(39)18-10-15(11-31-36-34-23(29)24(26,27)28)35-37(18)20-17(25)6-5-7-30-20/h5-10,12H,11H2,1-4H3,(H,32,38)(H,33,39)(H2,29,31,34). The number of aryl methyl sites for hydroxylation is 2. The Bertz CT molecular complexity index is 1450. The Labute approximate surface area is 226 Å². The fraction of sp³-hybridized carbons (Fsp3) is 0.292. The Kier molecular flexibility index (Phi) is 9.01. The molecule has 2 amide bonds. The van der Waals surface area contributed by atoms with Crippen LogP contribution in [0, 0.1) is 13.8 Å². The quantitative estimate of drug-likeness (QED) is 0.157. The summed E-state index contributed by atoms with van der Waals surface area (Å²) in [5, 5.41) is 19.5. The molecule has 0 aliphatic rings. The van der Waals surface area contributed by atoms with E-state index >= 15 is 0 Å². The topological polar surface area (TPSA) is 152 Å². The second-order valence-electron chi connectivity index (χ2n) is 8.70. The van der Waals surface area contributed by atoms with Crippen LogP contribution in [0.4, 0.5) is 18.9 Å². The van der Waals surface area contributed by atoms with Crippen LogP contribution in [0.15, 0.2) is 52.0 Å². The van der Waals surface area contributed by atoms with Crippen molar-refractivity contribution in [1.29, 1.82) is 0 Å². The molecule has 206 valence electrons. The van der Waals surface area contributed by atoms with E-state index in [1.807, 2.05) is 26.8 Å². The number of anilines is 1. The summed E-state index contributed by atoms with van der Waals surface area (Å²) in [5.41, 5.74) is 6.94. The molecule has 0 aliphatic carbocycles. The van der Waals surface area contributed by atoms with Gasteiger partial charge in [0.05, 0.1) is 22.0 Å². The van der Waals surface area contributed by atoms with Gasteiger partial charge in [0.25, 0.3) is 11.8 Å². The molecule has 2 heterocycles. The number of hydrogen-bond acceptors (Lipinski definition) is 6. The first-order valence-corrected chi connectivity index (χ1v) is 11.9. The Hall–Kier alpha value is -4.33. The molecule has 0 radical (unpaired) electrons. The van der Waals surface area contributed by atoms with Gasteiger partial charge in [-0.05, 0) is 68.3 Å². The molecule has 0 fully saturated rings. The average molecular weight is 564 g/mol. The first-order chi connectivity index (χ1) is 18.3. The monoisotopic (exact) mass is 563 g/mol. The van der Waals surface area contributed by atoms with Crippen LogP contribution in [-0.2, 0) is 6.54 Å². The third kappa shape index (κ3) is 7.37. The highest BCUT2D eigenvalue weighted by molar-refractivity contribution is 6.32. The molecule has 0 spiro atoms. The number of hydrogen-bond donors (Lipinski definition) is 3. The number of alkyl halides is 3. The largest absolute Gasteiger partial charge is 0.450 e. The summed E-state index contributed by atoms with van der Waals surface area (Å²) < 4.78 is 38.6. The van der Waals surface area contributed by atoms with E-state index in [9.17, 15) is 22.8 Å². The molecule has 0 saturated carbocycles. The third-order valence-corrected chi connectivity index (χ3v) is 5.35. The third-order valence-electron chi connectivity index (χ3n) is 5.05. The van der Waals surface area contributed by atoms with Crippen LogP contribution in [-0.4, -0.2) is 44.6 Å². The molecule has 0 aliphatic heterocycles. The van der Waals surface area contributed by atoms with Crippen molar-refractivity contribution < 1.29 is 22.8 Å². The zero-order valence-electron chi connectivity index (χ0n) is 21.3. The SMILES string of the molecule is Cc1cc(C)c(NC(=O)c2cc(CN=NN=C(N)C(F)(F)F)nn2-c2ncccc2Cl)c(C(=O)NC(C)C)c1.